The van der Waals surface area contributed by atoms with Crippen LogP contribution in [0.3, 0.4) is 0 Å². The Labute approximate surface area is 206 Å². The number of amides is 1. The second-order valence-electron chi connectivity index (χ2n) is 8.33. The van der Waals surface area contributed by atoms with E-state index in [2.05, 4.69) is 0 Å². The Morgan fingerprint density at radius 1 is 1.27 bits per heavy atom. The molecule has 2 aliphatic rings. The topological polar surface area (TPSA) is 79.8 Å². The molecule has 2 aromatic heterocycles. The molecule has 3 aromatic rings. The van der Waals surface area contributed by atoms with E-state index in [1.54, 1.807) is 28.5 Å². The van der Waals surface area contributed by atoms with Gasteiger partial charge >= 0.3 is 0 Å². The summed E-state index contributed by atoms with van der Waals surface area (Å²) in [5.74, 6) is -0.521. The van der Waals surface area contributed by atoms with Crippen LogP contribution in [0.2, 0.25) is 5.02 Å². The first-order valence-electron chi connectivity index (χ1n) is 10.9. The third-order valence-electron chi connectivity index (χ3n) is 6.07. The van der Waals surface area contributed by atoms with E-state index in [4.69, 9.17) is 21.3 Å². The fraction of sp³-hybridized carbons (Fsp3) is 0.455. The van der Waals surface area contributed by atoms with Gasteiger partial charge in [-0.2, -0.15) is 4.31 Å². The lowest BCUT2D eigenvalue weighted by molar-refractivity contribution is -0.123. The van der Waals surface area contributed by atoms with Crippen LogP contribution in [-0.4, -0.2) is 56.0 Å². The van der Waals surface area contributed by atoms with Crippen LogP contribution in [0.5, 0.6) is 0 Å². The number of thiazole rings is 1. The normalized spacial score (nSPS) is 22.1. The number of sulfonamides is 1. The number of benzene rings is 1. The molecule has 2 fully saturated rings. The Morgan fingerprint density at radius 3 is 2.91 bits per heavy atom. The predicted molar refractivity (Wildman–Crippen MR) is 132 cm³/mol. The number of carbonyl (C=O) groups is 1. The number of thiophene rings is 1. The van der Waals surface area contributed by atoms with Crippen molar-refractivity contribution in [3.63, 3.8) is 0 Å². The van der Waals surface area contributed by atoms with E-state index < -0.39 is 15.9 Å². The van der Waals surface area contributed by atoms with Crippen molar-refractivity contribution in [2.45, 2.75) is 36.0 Å². The van der Waals surface area contributed by atoms with E-state index in [-0.39, 0.29) is 18.6 Å². The highest BCUT2D eigenvalue weighted by molar-refractivity contribution is 7.91. The summed E-state index contributed by atoms with van der Waals surface area (Å²) in [5, 5.41) is 2.98. The quantitative estimate of drug-likeness (QED) is 0.469. The summed E-state index contributed by atoms with van der Waals surface area (Å²) in [6.07, 6.45) is 3.11. The summed E-state index contributed by atoms with van der Waals surface area (Å²) in [6, 6.07) is 8.83. The van der Waals surface area contributed by atoms with Crippen molar-refractivity contribution in [2.24, 2.45) is 5.92 Å². The summed E-state index contributed by atoms with van der Waals surface area (Å²) in [4.78, 5) is 20.2. The van der Waals surface area contributed by atoms with E-state index in [1.807, 2.05) is 12.1 Å². The molecule has 2 saturated heterocycles. The lowest BCUT2D eigenvalue weighted by Crippen LogP contribution is -2.48. The van der Waals surface area contributed by atoms with Crippen molar-refractivity contribution in [3.05, 3.63) is 40.7 Å². The Bertz CT molecular complexity index is 1240. The van der Waals surface area contributed by atoms with Crippen molar-refractivity contribution >= 4 is 65.6 Å². The number of anilines is 1. The average molecular weight is 526 g/mol. The molecule has 0 N–H and O–H groups in total. The average Bonchev–Trinajstić information content (AvgIpc) is 3.58. The molecular weight excluding hydrogens is 502 g/mol. The van der Waals surface area contributed by atoms with Gasteiger partial charge in [-0.25, -0.2) is 13.4 Å². The Balaban J connectivity index is 1.42. The van der Waals surface area contributed by atoms with Crippen molar-refractivity contribution < 1.29 is 17.9 Å². The van der Waals surface area contributed by atoms with Crippen LogP contribution in [0.15, 0.2) is 39.9 Å². The first-order chi connectivity index (χ1) is 15.9. The summed E-state index contributed by atoms with van der Waals surface area (Å²) in [5.41, 5.74) is 0.787. The monoisotopic (exact) mass is 525 g/mol. The molecule has 0 radical (unpaired) electrons. The lowest BCUT2D eigenvalue weighted by Gasteiger charge is -2.34. The fourth-order valence-corrected chi connectivity index (χ4v) is 8.30. The standard InChI is InChI=1S/C22H24ClN3O4S3/c23-16-7-8-18-19(12-16)32-22(24-18)26(14-17-5-2-10-30-17)21(27)15-4-1-9-25(13-15)33(28,29)20-6-3-11-31-20/h3,6-8,11-12,15,17H,1-2,4-5,9-10,13-14H2. The Kier molecular flexibility index (Phi) is 6.74. The number of aromatic nitrogens is 1. The molecule has 2 unspecified atom stereocenters. The molecule has 0 saturated carbocycles. The molecule has 7 nitrogen and oxygen atoms in total. The van der Waals surface area contributed by atoms with Gasteiger partial charge in [-0.3, -0.25) is 9.69 Å². The number of piperidine rings is 1. The van der Waals surface area contributed by atoms with Crippen LogP contribution in [0, 0.1) is 5.92 Å². The van der Waals surface area contributed by atoms with Gasteiger partial charge in [-0.05, 0) is 55.3 Å². The zero-order valence-electron chi connectivity index (χ0n) is 17.9. The highest BCUT2D eigenvalue weighted by Crippen LogP contribution is 2.34. The minimum Gasteiger partial charge on any atom is -0.376 e. The Hall–Kier alpha value is -1.56. The van der Waals surface area contributed by atoms with E-state index >= 15 is 0 Å². The molecule has 1 amide bonds. The predicted octanol–water partition coefficient (Wildman–Crippen LogP) is 4.62. The molecule has 5 rings (SSSR count). The minimum atomic E-state index is -3.59. The molecule has 0 spiro atoms. The third kappa shape index (κ3) is 4.82. The van der Waals surface area contributed by atoms with Crippen LogP contribution in [-0.2, 0) is 19.6 Å². The molecule has 1 aromatic carbocycles. The SMILES string of the molecule is O=C(C1CCCN(S(=O)(=O)c2cccs2)C1)N(CC1CCCO1)c1nc2ccc(Cl)cc2s1. The number of hydrogen-bond donors (Lipinski definition) is 0. The molecule has 2 aliphatic heterocycles. The zero-order chi connectivity index (χ0) is 23.0. The molecular formula is C22H24ClN3O4S3. The number of hydrogen-bond acceptors (Lipinski definition) is 7. The van der Waals surface area contributed by atoms with Crippen LogP contribution in [0.4, 0.5) is 5.13 Å². The van der Waals surface area contributed by atoms with Crippen molar-refractivity contribution in [1.29, 1.82) is 0 Å². The van der Waals surface area contributed by atoms with Gasteiger partial charge < -0.3 is 4.74 Å². The van der Waals surface area contributed by atoms with E-state index in [9.17, 15) is 13.2 Å². The van der Waals surface area contributed by atoms with Gasteiger partial charge in [0.1, 0.15) is 4.21 Å². The maximum absolute atomic E-state index is 13.8. The maximum atomic E-state index is 13.8. The number of halogens is 1. The first kappa shape index (κ1) is 23.2. The van der Waals surface area contributed by atoms with Crippen molar-refractivity contribution in [1.82, 2.24) is 9.29 Å². The van der Waals surface area contributed by atoms with Crippen LogP contribution >= 0.6 is 34.3 Å². The van der Waals surface area contributed by atoms with E-state index in [0.717, 1.165) is 23.1 Å². The van der Waals surface area contributed by atoms with Gasteiger partial charge in [0.25, 0.3) is 10.0 Å². The summed E-state index contributed by atoms with van der Waals surface area (Å²) in [6.45, 7) is 1.71. The van der Waals surface area contributed by atoms with Gasteiger partial charge in [-0.15, -0.1) is 11.3 Å². The molecule has 0 bridgehead atoms. The number of fused-ring (bicyclic) bond motifs is 1. The van der Waals surface area contributed by atoms with Gasteiger partial charge in [0, 0.05) is 24.7 Å². The summed E-state index contributed by atoms with van der Waals surface area (Å²) < 4.78 is 34.6. The summed E-state index contributed by atoms with van der Waals surface area (Å²) in [7, 11) is -3.59. The van der Waals surface area contributed by atoms with Crippen LogP contribution in [0.1, 0.15) is 25.7 Å². The molecule has 4 heterocycles. The van der Waals surface area contributed by atoms with Gasteiger partial charge in [0.15, 0.2) is 5.13 Å². The highest BCUT2D eigenvalue weighted by atomic mass is 35.5. The molecule has 11 heteroatoms. The third-order valence-corrected chi connectivity index (χ3v) is 10.6. The Morgan fingerprint density at radius 2 is 2.15 bits per heavy atom. The minimum absolute atomic E-state index is 0.0425. The highest BCUT2D eigenvalue weighted by Gasteiger charge is 2.37. The van der Waals surface area contributed by atoms with Gasteiger partial charge in [0.2, 0.25) is 5.91 Å². The largest absolute Gasteiger partial charge is 0.376 e. The fourth-order valence-electron chi connectivity index (χ4n) is 4.38. The number of nitrogens with zero attached hydrogens (tertiary/aromatic N) is 3. The lowest BCUT2D eigenvalue weighted by atomic mass is 9.98. The maximum Gasteiger partial charge on any atom is 0.252 e. The first-order valence-corrected chi connectivity index (χ1v) is 14.5. The molecule has 33 heavy (non-hydrogen) atoms. The zero-order valence-corrected chi connectivity index (χ0v) is 21.1. The second-order valence-corrected chi connectivity index (χ2v) is 12.9. The molecule has 176 valence electrons. The smallest absolute Gasteiger partial charge is 0.252 e. The van der Waals surface area contributed by atoms with Crippen molar-refractivity contribution in [3.8, 4) is 0 Å². The van der Waals surface area contributed by atoms with Gasteiger partial charge in [-0.1, -0.05) is 29.0 Å². The van der Waals surface area contributed by atoms with Crippen LogP contribution < -0.4 is 4.90 Å². The molecule has 0 aliphatic carbocycles. The number of rotatable bonds is 6. The summed E-state index contributed by atoms with van der Waals surface area (Å²) >= 11 is 8.77. The van der Waals surface area contributed by atoms with Crippen LogP contribution in [0.25, 0.3) is 10.2 Å². The second kappa shape index (κ2) is 9.59. The van der Waals surface area contributed by atoms with Gasteiger partial charge in [0.05, 0.1) is 28.8 Å². The molecule has 2 atom stereocenters. The van der Waals surface area contributed by atoms with E-state index in [0.29, 0.717) is 46.9 Å². The number of carbonyl (C=O) groups excluding carboxylic acids is 1. The number of ether oxygens (including phenoxy) is 1. The van der Waals surface area contributed by atoms with E-state index in [1.165, 1.54) is 27.0 Å². The van der Waals surface area contributed by atoms with Crippen molar-refractivity contribution in [2.75, 3.05) is 31.1 Å².